The van der Waals surface area contributed by atoms with E-state index in [9.17, 15) is 17.6 Å². The molecule has 8 heteroatoms. The molecule has 0 bridgehead atoms. The maximum absolute atomic E-state index is 12.9. The van der Waals surface area contributed by atoms with Gasteiger partial charge in [-0.1, -0.05) is 29.8 Å². The number of nitrogens with zero attached hydrogens (tertiary/aromatic N) is 1. The summed E-state index contributed by atoms with van der Waals surface area (Å²) in [4.78, 5) is 12.0. The first kappa shape index (κ1) is 22.2. The first-order valence-corrected chi connectivity index (χ1v) is 11.1. The van der Waals surface area contributed by atoms with Crippen molar-refractivity contribution in [2.45, 2.75) is 26.2 Å². The predicted molar refractivity (Wildman–Crippen MR) is 111 cm³/mol. The molecule has 0 aromatic heterocycles. The van der Waals surface area contributed by atoms with E-state index in [0.29, 0.717) is 35.7 Å². The summed E-state index contributed by atoms with van der Waals surface area (Å²) < 4.78 is 38.5. The second kappa shape index (κ2) is 9.89. The molecule has 0 saturated carbocycles. The Labute approximate surface area is 170 Å². The van der Waals surface area contributed by atoms with E-state index in [1.54, 1.807) is 37.3 Å². The summed E-state index contributed by atoms with van der Waals surface area (Å²) in [5.41, 5.74) is 2.13. The van der Waals surface area contributed by atoms with Crippen molar-refractivity contribution < 1.29 is 17.6 Å². The van der Waals surface area contributed by atoms with E-state index < -0.39 is 10.0 Å². The van der Waals surface area contributed by atoms with Crippen molar-refractivity contribution in [2.24, 2.45) is 0 Å². The Morgan fingerprint density at radius 1 is 1.18 bits per heavy atom. The second-order valence-corrected chi connectivity index (χ2v) is 8.86. The van der Waals surface area contributed by atoms with E-state index >= 15 is 0 Å². The molecule has 0 aliphatic heterocycles. The molecule has 0 heterocycles. The fraction of sp³-hybridized carbons (Fsp3) is 0.350. The summed E-state index contributed by atoms with van der Waals surface area (Å²) in [5, 5.41) is 3.29. The number of carbonyl (C=O) groups excluding carboxylic acids is 1. The molecule has 152 valence electrons. The first-order chi connectivity index (χ1) is 13.2. The Bertz CT molecular complexity index is 918. The summed E-state index contributed by atoms with van der Waals surface area (Å²) in [5.74, 6) is -0.448. The van der Waals surface area contributed by atoms with Gasteiger partial charge in [0.1, 0.15) is 5.82 Å². The SMILES string of the molecule is Cc1c(Cl)cccc1N(CCCC(=O)NCCc1ccc(F)cc1)S(C)(=O)=O. The summed E-state index contributed by atoms with van der Waals surface area (Å²) in [6, 6.07) is 11.2. The number of hydrogen-bond acceptors (Lipinski definition) is 3. The van der Waals surface area contributed by atoms with E-state index in [4.69, 9.17) is 11.6 Å². The molecular weight excluding hydrogens is 403 g/mol. The minimum absolute atomic E-state index is 0.154. The third-order valence-electron chi connectivity index (χ3n) is 4.32. The Kier molecular flexibility index (Phi) is 7.83. The molecule has 0 saturated heterocycles. The minimum Gasteiger partial charge on any atom is -0.356 e. The van der Waals surface area contributed by atoms with E-state index in [0.717, 1.165) is 11.8 Å². The van der Waals surface area contributed by atoms with E-state index in [1.807, 2.05) is 0 Å². The van der Waals surface area contributed by atoms with Crippen LogP contribution < -0.4 is 9.62 Å². The first-order valence-electron chi connectivity index (χ1n) is 8.92. The molecule has 0 atom stereocenters. The lowest BCUT2D eigenvalue weighted by molar-refractivity contribution is -0.121. The number of benzene rings is 2. The average molecular weight is 427 g/mol. The van der Waals surface area contributed by atoms with Crippen LogP contribution in [0.25, 0.3) is 0 Å². The lowest BCUT2D eigenvalue weighted by Crippen LogP contribution is -2.33. The van der Waals surface area contributed by atoms with Gasteiger partial charge in [-0.05, 0) is 55.2 Å². The molecule has 1 N–H and O–H groups in total. The van der Waals surface area contributed by atoms with Gasteiger partial charge in [-0.25, -0.2) is 12.8 Å². The van der Waals surface area contributed by atoms with Crippen LogP contribution in [0, 0.1) is 12.7 Å². The fourth-order valence-corrected chi connectivity index (χ4v) is 3.99. The highest BCUT2D eigenvalue weighted by Crippen LogP contribution is 2.28. The van der Waals surface area contributed by atoms with Crippen molar-refractivity contribution in [3.63, 3.8) is 0 Å². The molecule has 0 spiro atoms. The van der Waals surface area contributed by atoms with E-state index in [-0.39, 0.29) is 24.7 Å². The van der Waals surface area contributed by atoms with Crippen LogP contribution in [0.5, 0.6) is 0 Å². The van der Waals surface area contributed by atoms with Gasteiger partial charge in [0.25, 0.3) is 0 Å². The summed E-state index contributed by atoms with van der Waals surface area (Å²) in [7, 11) is -3.50. The molecule has 0 aliphatic rings. The number of sulfonamides is 1. The summed E-state index contributed by atoms with van der Waals surface area (Å²) in [6.07, 6.45) is 2.32. The number of halogens is 2. The van der Waals surface area contributed by atoms with Crippen LogP contribution in [0.1, 0.15) is 24.0 Å². The Balaban J connectivity index is 1.85. The van der Waals surface area contributed by atoms with Crippen LogP contribution in [0.3, 0.4) is 0 Å². The zero-order chi connectivity index (χ0) is 20.7. The van der Waals surface area contributed by atoms with Gasteiger partial charge in [0.15, 0.2) is 0 Å². The van der Waals surface area contributed by atoms with Crippen LogP contribution >= 0.6 is 11.6 Å². The lowest BCUT2D eigenvalue weighted by atomic mass is 10.1. The van der Waals surface area contributed by atoms with Crippen molar-refractivity contribution in [1.82, 2.24) is 5.32 Å². The van der Waals surface area contributed by atoms with Crippen LogP contribution in [0.15, 0.2) is 42.5 Å². The van der Waals surface area contributed by atoms with Crippen LogP contribution in [0.4, 0.5) is 10.1 Å². The maximum Gasteiger partial charge on any atom is 0.232 e. The molecule has 5 nitrogen and oxygen atoms in total. The molecule has 0 unspecified atom stereocenters. The van der Waals surface area contributed by atoms with Crippen molar-refractivity contribution in [2.75, 3.05) is 23.7 Å². The third-order valence-corrected chi connectivity index (χ3v) is 5.91. The second-order valence-electron chi connectivity index (χ2n) is 6.55. The molecule has 1 amide bonds. The van der Waals surface area contributed by atoms with Gasteiger partial charge in [-0.15, -0.1) is 0 Å². The summed E-state index contributed by atoms with van der Waals surface area (Å²) in [6.45, 7) is 2.39. The Morgan fingerprint density at radius 3 is 2.50 bits per heavy atom. The van der Waals surface area contributed by atoms with Crippen LogP contribution in [0.2, 0.25) is 5.02 Å². The Morgan fingerprint density at radius 2 is 1.86 bits per heavy atom. The van der Waals surface area contributed by atoms with Crippen molar-refractivity contribution >= 4 is 33.2 Å². The van der Waals surface area contributed by atoms with Gasteiger partial charge in [0.05, 0.1) is 11.9 Å². The van der Waals surface area contributed by atoms with Crippen molar-refractivity contribution in [1.29, 1.82) is 0 Å². The predicted octanol–water partition coefficient (Wildman–Crippen LogP) is 3.69. The molecular formula is C20H24ClFN2O3S. The van der Waals surface area contributed by atoms with Crippen LogP contribution in [-0.2, 0) is 21.2 Å². The standard InChI is InChI=1S/C20H24ClFN2O3S/c1-15-18(21)5-3-6-19(15)24(28(2,26)27)14-4-7-20(25)23-13-12-16-8-10-17(22)11-9-16/h3,5-6,8-11H,4,7,12-14H2,1-2H3,(H,23,25). The number of carbonyl (C=O) groups is 1. The highest BCUT2D eigenvalue weighted by Gasteiger charge is 2.20. The molecule has 0 aliphatic carbocycles. The zero-order valence-electron chi connectivity index (χ0n) is 15.9. The lowest BCUT2D eigenvalue weighted by Gasteiger charge is -2.24. The quantitative estimate of drug-likeness (QED) is 0.665. The normalized spacial score (nSPS) is 11.3. The van der Waals surface area contributed by atoms with E-state index in [2.05, 4.69) is 5.32 Å². The van der Waals surface area contributed by atoms with E-state index in [1.165, 1.54) is 16.4 Å². The van der Waals surface area contributed by atoms with Gasteiger partial charge in [0, 0.05) is 24.5 Å². The fourth-order valence-electron chi connectivity index (χ4n) is 2.80. The maximum atomic E-state index is 12.9. The van der Waals surface area contributed by atoms with Crippen molar-refractivity contribution in [3.05, 3.63) is 64.4 Å². The number of hydrogen-bond donors (Lipinski definition) is 1. The van der Waals surface area contributed by atoms with Gasteiger partial charge >= 0.3 is 0 Å². The monoisotopic (exact) mass is 426 g/mol. The molecule has 28 heavy (non-hydrogen) atoms. The molecule has 0 radical (unpaired) electrons. The number of rotatable bonds is 9. The van der Waals surface area contributed by atoms with Gasteiger partial charge in [-0.3, -0.25) is 9.10 Å². The van der Waals surface area contributed by atoms with Gasteiger partial charge < -0.3 is 5.32 Å². The Hall–Kier alpha value is -2.12. The molecule has 2 rings (SSSR count). The van der Waals surface area contributed by atoms with Crippen LogP contribution in [-0.4, -0.2) is 33.7 Å². The largest absolute Gasteiger partial charge is 0.356 e. The van der Waals surface area contributed by atoms with Gasteiger partial charge in [-0.2, -0.15) is 0 Å². The molecule has 2 aromatic carbocycles. The zero-order valence-corrected chi connectivity index (χ0v) is 17.5. The average Bonchev–Trinajstić information content (AvgIpc) is 2.62. The molecule has 0 fully saturated rings. The third kappa shape index (κ3) is 6.49. The smallest absolute Gasteiger partial charge is 0.232 e. The summed E-state index contributed by atoms with van der Waals surface area (Å²) >= 11 is 6.10. The van der Waals surface area contributed by atoms with Crippen molar-refractivity contribution in [3.8, 4) is 0 Å². The minimum atomic E-state index is -3.50. The number of amides is 1. The highest BCUT2D eigenvalue weighted by molar-refractivity contribution is 7.92. The van der Waals surface area contributed by atoms with Gasteiger partial charge in [0.2, 0.25) is 15.9 Å². The number of anilines is 1. The topological polar surface area (TPSA) is 66.5 Å². The number of nitrogens with one attached hydrogen (secondary N) is 1. The highest BCUT2D eigenvalue weighted by atomic mass is 35.5. The molecule has 2 aromatic rings.